The zero-order valence-corrected chi connectivity index (χ0v) is 16.6. The van der Waals surface area contributed by atoms with Crippen molar-refractivity contribution in [3.63, 3.8) is 0 Å². The summed E-state index contributed by atoms with van der Waals surface area (Å²) < 4.78 is 44.1. The number of carbonyl (C=O) groups is 2. The second-order valence-electron chi connectivity index (χ2n) is 6.67. The molecule has 31 heavy (non-hydrogen) atoms. The van der Waals surface area contributed by atoms with Crippen LogP contribution in [-0.4, -0.2) is 38.2 Å². The number of ether oxygens (including phenoxy) is 1. The Balaban J connectivity index is 1.59. The van der Waals surface area contributed by atoms with E-state index in [-0.39, 0.29) is 0 Å². The van der Waals surface area contributed by atoms with Gasteiger partial charge in [0.1, 0.15) is 0 Å². The third kappa shape index (κ3) is 5.65. The molecular weight excluding hydrogens is 415 g/mol. The first-order valence-corrected chi connectivity index (χ1v) is 9.15. The fraction of sp³-hybridized carbons (Fsp3) is 0.250. The normalized spacial score (nSPS) is 12.3. The molecule has 0 bridgehead atoms. The van der Waals surface area contributed by atoms with Gasteiger partial charge in [-0.3, -0.25) is 4.79 Å². The summed E-state index contributed by atoms with van der Waals surface area (Å²) in [5, 5.41) is 13.8. The molecule has 162 valence electrons. The van der Waals surface area contributed by atoms with Gasteiger partial charge in [-0.15, -0.1) is 10.2 Å². The van der Waals surface area contributed by atoms with Crippen LogP contribution in [0, 0.1) is 6.92 Å². The maximum Gasteiger partial charge on any atom is 0.418 e. The van der Waals surface area contributed by atoms with Gasteiger partial charge in [0.25, 0.3) is 5.91 Å². The predicted molar refractivity (Wildman–Crippen MR) is 104 cm³/mol. The van der Waals surface area contributed by atoms with Crippen LogP contribution in [0.3, 0.4) is 0 Å². The quantitative estimate of drug-likeness (QED) is 0.600. The number of tetrazole rings is 1. The first kappa shape index (κ1) is 21.9. The molecule has 0 aliphatic heterocycles. The van der Waals surface area contributed by atoms with Crippen LogP contribution in [-0.2, 0) is 27.0 Å². The number of aryl methyl sites for hydroxylation is 1. The Morgan fingerprint density at radius 1 is 1.13 bits per heavy atom. The zero-order valence-electron chi connectivity index (χ0n) is 16.6. The number of hydrogen-bond donors (Lipinski definition) is 1. The average Bonchev–Trinajstić information content (AvgIpc) is 3.16. The highest BCUT2D eigenvalue weighted by Gasteiger charge is 2.34. The number of nitrogens with zero attached hydrogens (tertiary/aromatic N) is 4. The number of hydrogen-bond acceptors (Lipinski definition) is 6. The molecule has 11 heteroatoms. The van der Waals surface area contributed by atoms with Gasteiger partial charge in [0, 0.05) is 5.56 Å². The number of halogens is 3. The number of amides is 1. The third-order valence-corrected chi connectivity index (χ3v) is 4.20. The Hall–Kier alpha value is -3.76. The molecule has 1 heterocycles. The summed E-state index contributed by atoms with van der Waals surface area (Å²) in [6, 6.07) is 11.9. The van der Waals surface area contributed by atoms with Crippen molar-refractivity contribution in [1.82, 2.24) is 20.2 Å². The first-order chi connectivity index (χ1) is 14.6. The van der Waals surface area contributed by atoms with Crippen molar-refractivity contribution in [1.29, 1.82) is 0 Å². The second kappa shape index (κ2) is 8.94. The second-order valence-corrected chi connectivity index (χ2v) is 6.67. The maximum absolute atomic E-state index is 13.0. The van der Waals surface area contributed by atoms with Gasteiger partial charge in [0.05, 0.1) is 11.3 Å². The lowest BCUT2D eigenvalue weighted by Crippen LogP contribution is -2.32. The Labute approximate surface area is 175 Å². The molecule has 0 radical (unpaired) electrons. The van der Waals surface area contributed by atoms with E-state index in [4.69, 9.17) is 4.74 Å². The number of alkyl halides is 3. The predicted octanol–water partition coefficient (Wildman–Crippen LogP) is 3.24. The summed E-state index contributed by atoms with van der Waals surface area (Å²) in [5.74, 6) is -1.45. The molecule has 1 aromatic heterocycles. The Bertz CT molecular complexity index is 1080. The number of para-hydroxylation sites is 1. The van der Waals surface area contributed by atoms with Crippen LogP contribution in [0.5, 0.6) is 0 Å². The van der Waals surface area contributed by atoms with E-state index in [1.54, 1.807) is 12.1 Å². The minimum absolute atomic E-state index is 0.308. The van der Waals surface area contributed by atoms with Crippen LogP contribution in [0.15, 0.2) is 48.5 Å². The van der Waals surface area contributed by atoms with Gasteiger partial charge in [-0.2, -0.15) is 18.0 Å². The summed E-state index contributed by atoms with van der Waals surface area (Å²) in [7, 11) is 0. The van der Waals surface area contributed by atoms with Crippen molar-refractivity contribution >= 4 is 17.6 Å². The van der Waals surface area contributed by atoms with Gasteiger partial charge in [0.2, 0.25) is 5.82 Å². The summed E-state index contributed by atoms with van der Waals surface area (Å²) in [6.45, 7) is 2.76. The van der Waals surface area contributed by atoms with Crippen molar-refractivity contribution < 1.29 is 27.5 Å². The first-order valence-electron chi connectivity index (χ1n) is 9.15. The maximum atomic E-state index is 13.0. The smallest absolute Gasteiger partial charge is 0.418 e. The summed E-state index contributed by atoms with van der Waals surface area (Å²) >= 11 is 0. The van der Waals surface area contributed by atoms with Crippen LogP contribution < -0.4 is 5.32 Å². The zero-order chi connectivity index (χ0) is 22.6. The van der Waals surface area contributed by atoms with Crippen molar-refractivity contribution in [3.8, 4) is 11.4 Å². The molecule has 0 saturated heterocycles. The Morgan fingerprint density at radius 2 is 1.81 bits per heavy atom. The van der Waals surface area contributed by atoms with Crippen molar-refractivity contribution in [2.75, 3.05) is 5.32 Å². The highest BCUT2D eigenvalue weighted by Crippen LogP contribution is 2.34. The van der Waals surface area contributed by atoms with Crippen LogP contribution >= 0.6 is 0 Å². The minimum Gasteiger partial charge on any atom is -0.451 e. The van der Waals surface area contributed by atoms with Gasteiger partial charge in [-0.1, -0.05) is 42.0 Å². The lowest BCUT2D eigenvalue weighted by molar-refractivity contribution is -0.154. The van der Waals surface area contributed by atoms with E-state index in [1.165, 1.54) is 19.1 Å². The van der Waals surface area contributed by atoms with E-state index < -0.39 is 42.0 Å². The highest BCUT2D eigenvalue weighted by molar-refractivity contribution is 5.95. The molecule has 0 aliphatic carbocycles. The number of aromatic nitrogens is 4. The van der Waals surface area contributed by atoms with E-state index in [1.807, 2.05) is 19.1 Å². The van der Waals surface area contributed by atoms with E-state index in [2.05, 4.69) is 20.7 Å². The number of rotatable bonds is 6. The highest BCUT2D eigenvalue weighted by atomic mass is 19.4. The molecule has 0 aliphatic rings. The van der Waals surface area contributed by atoms with Gasteiger partial charge in [0.15, 0.2) is 12.6 Å². The van der Waals surface area contributed by atoms with Gasteiger partial charge < -0.3 is 10.1 Å². The Morgan fingerprint density at radius 3 is 2.48 bits per heavy atom. The number of carbonyl (C=O) groups excluding carboxylic acids is 2. The molecule has 0 saturated carbocycles. The molecule has 1 atom stereocenters. The lowest BCUT2D eigenvalue weighted by atomic mass is 10.1. The molecule has 1 unspecified atom stereocenters. The van der Waals surface area contributed by atoms with Crippen molar-refractivity contribution in [2.45, 2.75) is 32.7 Å². The number of esters is 1. The standard InChI is InChI=1S/C20H18F3N5O3/c1-12-7-9-14(10-8-12)18-25-27-28(26-18)11-17(29)31-13(2)19(30)24-16-6-4-3-5-15(16)20(21,22)23/h3-10,13H,11H2,1-2H3,(H,24,30). The van der Waals surface area contributed by atoms with E-state index in [0.29, 0.717) is 11.4 Å². The van der Waals surface area contributed by atoms with E-state index in [9.17, 15) is 22.8 Å². The molecule has 2 aromatic carbocycles. The molecule has 3 aromatic rings. The molecule has 1 N–H and O–H groups in total. The third-order valence-electron chi connectivity index (χ3n) is 4.20. The summed E-state index contributed by atoms with van der Waals surface area (Å²) in [6.07, 6.45) is -5.98. The lowest BCUT2D eigenvalue weighted by Gasteiger charge is -2.16. The minimum atomic E-state index is -4.64. The van der Waals surface area contributed by atoms with Crippen LogP contribution in [0.25, 0.3) is 11.4 Å². The van der Waals surface area contributed by atoms with Gasteiger partial charge >= 0.3 is 12.1 Å². The van der Waals surface area contributed by atoms with Crippen LogP contribution in [0.2, 0.25) is 0 Å². The molecule has 0 spiro atoms. The molecule has 0 fully saturated rings. The molecule has 1 amide bonds. The van der Waals surface area contributed by atoms with Crippen molar-refractivity contribution in [2.24, 2.45) is 0 Å². The molecule has 8 nitrogen and oxygen atoms in total. The van der Waals surface area contributed by atoms with Crippen molar-refractivity contribution in [3.05, 3.63) is 59.7 Å². The topological polar surface area (TPSA) is 99.0 Å². The van der Waals surface area contributed by atoms with E-state index >= 15 is 0 Å². The number of nitrogens with one attached hydrogen (secondary N) is 1. The fourth-order valence-corrected chi connectivity index (χ4v) is 2.61. The van der Waals surface area contributed by atoms with Gasteiger partial charge in [-0.05, 0) is 31.2 Å². The van der Waals surface area contributed by atoms with E-state index in [0.717, 1.165) is 22.5 Å². The SMILES string of the molecule is Cc1ccc(-c2nnn(CC(=O)OC(C)C(=O)Nc3ccccc3C(F)(F)F)n2)cc1. The molecular formula is C20H18F3N5O3. The summed E-state index contributed by atoms with van der Waals surface area (Å²) in [4.78, 5) is 25.3. The Kier molecular flexibility index (Phi) is 6.33. The van der Waals surface area contributed by atoms with Crippen LogP contribution in [0.4, 0.5) is 18.9 Å². The number of anilines is 1. The number of benzene rings is 2. The fourth-order valence-electron chi connectivity index (χ4n) is 2.61. The molecule has 3 rings (SSSR count). The largest absolute Gasteiger partial charge is 0.451 e. The average molecular weight is 433 g/mol. The summed E-state index contributed by atoms with van der Waals surface area (Å²) in [5.41, 5.74) is 0.340. The van der Waals surface area contributed by atoms with Crippen LogP contribution in [0.1, 0.15) is 18.1 Å². The monoisotopic (exact) mass is 433 g/mol. The van der Waals surface area contributed by atoms with Gasteiger partial charge in [-0.25, -0.2) is 4.79 Å².